The number of carbonyl (C=O) groups is 2. The summed E-state index contributed by atoms with van der Waals surface area (Å²) in [6.45, 7) is 4.60. The molecule has 3 rings (SSSR count). The number of benzene rings is 2. The molecule has 9 heteroatoms. The number of nitrogens with one attached hydrogen (secondary N) is 2. The van der Waals surface area contributed by atoms with E-state index in [9.17, 15) is 9.59 Å². The first-order valence-corrected chi connectivity index (χ1v) is 12.3. The summed E-state index contributed by atoms with van der Waals surface area (Å²) in [6, 6.07) is 17.7. The fourth-order valence-corrected chi connectivity index (χ4v) is 3.93. The Labute approximate surface area is 204 Å². The predicted octanol–water partition coefficient (Wildman–Crippen LogP) is 2.91. The number of carbonyl (C=O) groups excluding carboxylic acids is 2. The minimum atomic E-state index is -0.644. The van der Waals surface area contributed by atoms with Crippen LogP contribution in [0, 0.1) is 0 Å². The molecule has 0 bridgehead atoms. The Bertz CT molecular complexity index is 1070. The molecule has 8 nitrogen and oxygen atoms in total. The van der Waals surface area contributed by atoms with Crippen molar-refractivity contribution in [3.05, 3.63) is 71.5 Å². The Hall–Kier alpha value is -3.33. The number of rotatable bonds is 12. The molecule has 0 unspecified atom stereocenters. The van der Waals surface area contributed by atoms with E-state index in [0.717, 1.165) is 12.8 Å². The van der Waals surface area contributed by atoms with Crippen molar-refractivity contribution < 1.29 is 14.3 Å². The second-order valence-corrected chi connectivity index (χ2v) is 8.75. The van der Waals surface area contributed by atoms with Crippen LogP contribution in [0.15, 0.2) is 59.8 Å². The van der Waals surface area contributed by atoms with E-state index < -0.39 is 6.10 Å². The highest BCUT2D eigenvalue weighted by Gasteiger charge is 2.17. The summed E-state index contributed by atoms with van der Waals surface area (Å²) < 4.78 is 7.50. The molecule has 2 amide bonds. The Morgan fingerprint density at radius 2 is 1.76 bits per heavy atom. The van der Waals surface area contributed by atoms with Gasteiger partial charge >= 0.3 is 0 Å². The first-order chi connectivity index (χ1) is 16.5. The molecule has 0 spiro atoms. The fraction of sp³-hybridized carbons (Fsp3) is 0.360. The lowest BCUT2D eigenvalue weighted by atomic mass is 10.1. The molecule has 0 fully saturated rings. The van der Waals surface area contributed by atoms with Crippen molar-refractivity contribution in [2.45, 2.75) is 44.5 Å². The summed E-state index contributed by atoms with van der Waals surface area (Å²) >= 11 is 1.31. The minimum absolute atomic E-state index is 0.0586. The third-order valence-electron chi connectivity index (χ3n) is 5.27. The summed E-state index contributed by atoms with van der Waals surface area (Å²) in [5, 5.41) is 14.6. The molecule has 0 aliphatic rings. The second-order valence-electron chi connectivity index (χ2n) is 7.81. The van der Waals surface area contributed by atoms with Crippen LogP contribution in [-0.2, 0) is 36.0 Å². The number of hydrogen-bond donors (Lipinski definition) is 2. The standard InChI is InChI=1S/C25H31N5O3S/c1-4-19-10-12-21(13-11-19)33-18(2)24(32)27-16-22-28-29-25(30(22)3)34-17-23(31)26-15-14-20-8-6-5-7-9-20/h5-13,18H,4,14-17H2,1-3H3,(H,26,31)(H,27,32)/t18-/m1/s1. The zero-order chi connectivity index (χ0) is 24.3. The first kappa shape index (κ1) is 25.3. The van der Waals surface area contributed by atoms with Gasteiger partial charge in [0, 0.05) is 13.6 Å². The van der Waals surface area contributed by atoms with Gasteiger partial charge in [-0.05, 0) is 43.0 Å². The maximum atomic E-state index is 12.4. The molecule has 1 atom stereocenters. The molecule has 0 radical (unpaired) electrons. The molecule has 0 saturated heterocycles. The molecule has 0 saturated carbocycles. The van der Waals surface area contributed by atoms with Crippen molar-refractivity contribution >= 4 is 23.6 Å². The van der Waals surface area contributed by atoms with Gasteiger partial charge < -0.3 is 19.9 Å². The van der Waals surface area contributed by atoms with Crippen LogP contribution in [0.1, 0.15) is 30.8 Å². The minimum Gasteiger partial charge on any atom is -0.481 e. The average molecular weight is 482 g/mol. The predicted molar refractivity (Wildman–Crippen MR) is 133 cm³/mol. The van der Waals surface area contributed by atoms with Gasteiger partial charge in [-0.2, -0.15) is 0 Å². The summed E-state index contributed by atoms with van der Waals surface area (Å²) in [5.74, 6) is 1.19. The first-order valence-electron chi connectivity index (χ1n) is 11.3. The number of thioether (sulfide) groups is 1. The molecular formula is C25H31N5O3S. The van der Waals surface area contributed by atoms with Gasteiger partial charge in [0.2, 0.25) is 5.91 Å². The lowest BCUT2D eigenvalue weighted by Gasteiger charge is -2.15. The maximum absolute atomic E-state index is 12.4. The monoisotopic (exact) mass is 481 g/mol. The highest BCUT2D eigenvalue weighted by molar-refractivity contribution is 7.99. The van der Waals surface area contributed by atoms with Crippen LogP contribution >= 0.6 is 11.8 Å². The Kier molecular flexibility index (Phi) is 9.51. The Balaban J connectivity index is 1.39. The fourth-order valence-electron chi connectivity index (χ4n) is 3.17. The summed E-state index contributed by atoms with van der Waals surface area (Å²) in [7, 11) is 1.81. The van der Waals surface area contributed by atoms with Gasteiger partial charge in [-0.1, -0.05) is 61.2 Å². The van der Waals surface area contributed by atoms with Gasteiger partial charge in [-0.25, -0.2) is 0 Å². The van der Waals surface area contributed by atoms with E-state index in [1.54, 1.807) is 11.5 Å². The quantitative estimate of drug-likeness (QED) is 0.386. The second kappa shape index (κ2) is 12.8. The topological polar surface area (TPSA) is 98.1 Å². The van der Waals surface area contributed by atoms with Crippen molar-refractivity contribution in [3.63, 3.8) is 0 Å². The SMILES string of the molecule is CCc1ccc(O[C@H](C)C(=O)NCc2nnc(SCC(=O)NCCc3ccccc3)n2C)cc1. The number of amides is 2. The van der Waals surface area contributed by atoms with Crippen LogP contribution in [0.3, 0.4) is 0 Å². The van der Waals surface area contributed by atoms with E-state index in [1.165, 1.54) is 22.9 Å². The van der Waals surface area contributed by atoms with Gasteiger partial charge in [0.05, 0.1) is 12.3 Å². The van der Waals surface area contributed by atoms with Crippen LogP contribution in [0.4, 0.5) is 0 Å². The molecule has 180 valence electrons. The maximum Gasteiger partial charge on any atom is 0.261 e. The van der Waals surface area contributed by atoms with Gasteiger partial charge in [-0.15, -0.1) is 10.2 Å². The summed E-state index contributed by atoms with van der Waals surface area (Å²) in [5.41, 5.74) is 2.40. The van der Waals surface area contributed by atoms with Crippen molar-refractivity contribution in [1.82, 2.24) is 25.4 Å². The molecule has 1 heterocycles. The largest absolute Gasteiger partial charge is 0.481 e. The van der Waals surface area contributed by atoms with Crippen LogP contribution < -0.4 is 15.4 Å². The van der Waals surface area contributed by atoms with Crippen LogP contribution in [0.5, 0.6) is 5.75 Å². The van der Waals surface area contributed by atoms with E-state index in [0.29, 0.717) is 23.3 Å². The summed E-state index contributed by atoms with van der Waals surface area (Å²) in [4.78, 5) is 24.6. The van der Waals surface area contributed by atoms with E-state index in [-0.39, 0.29) is 24.1 Å². The molecule has 0 aliphatic carbocycles. The third-order valence-corrected chi connectivity index (χ3v) is 6.29. The van der Waals surface area contributed by atoms with Crippen molar-refractivity contribution in [3.8, 4) is 5.75 Å². The van der Waals surface area contributed by atoms with Crippen LogP contribution in [0.2, 0.25) is 0 Å². The lowest BCUT2D eigenvalue weighted by Crippen LogP contribution is -2.36. The number of aryl methyl sites for hydroxylation is 1. The molecular weight excluding hydrogens is 450 g/mol. The Morgan fingerprint density at radius 3 is 2.47 bits per heavy atom. The highest BCUT2D eigenvalue weighted by atomic mass is 32.2. The van der Waals surface area contributed by atoms with Gasteiger partial charge in [0.25, 0.3) is 5.91 Å². The van der Waals surface area contributed by atoms with E-state index in [4.69, 9.17) is 4.74 Å². The van der Waals surface area contributed by atoms with E-state index in [1.807, 2.05) is 61.6 Å². The highest BCUT2D eigenvalue weighted by Crippen LogP contribution is 2.16. The van der Waals surface area contributed by atoms with Gasteiger partial charge in [0.1, 0.15) is 5.75 Å². The molecule has 3 aromatic rings. The van der Waals surface area contributed by atoms with Crippen molar-refractivity contribution in [1.29, 1.82) is 0 Å². The molecule has 2 aromatic carbocycles. The van der Waals surface area contributed by atoms with Crippen molar-refractivity contribution in [2.75, 3.05) is 12.3 Å². The Morgan fingerprint density at radius 1 is 1.03 bits per heavy atom. The molecule has 34 heavy (non-hydrogen) atoms. The lowest BCUT2D eigenvalue weighted by molar-refractivity contribution is -0.127. The van der Waals surface area contributed by atoms with Gasteiger partial charge in [0.15, 0.2) is 17.1 Å². The van der Waals surface area contributed by atoms with Gasteiger partial charge in [-0.3, -0.25) is 9.59 Å². The zero-order valence-corrected chi connectivity index (χ0v) is 20.6. The normalized spacial score (nSPS) is 11.6. The molecule has 0 aliphatic heterocycles. The molecule has 1 aromatic heterocycles. The number of aromatic nitrogens is 3. The smallest absolute Gasteiger partial charge is 0.261 e. The molecule has 2 N–H and O–H groups in total. The zero-order valence-electron chi connectivity index (χ0n) is 19.8. The van der Waals surface area contributed by atoms with Crippen LogP contribution in [0.25, 0.3) is 0 Å². The number of nitrogens with zero attached hydrogens (tertiary/aromatic N) is 3. The average Bonchev–Trinajstić information content (AvgIpc) is 3.21. The van der Waals surface area contributed by atoms with E-state index >= 15 is 0 Å². The van der Waals surface area contributed by atoms with Crippen molar-refractivity contribution in [2.24, 2.45) is 7.05 Å². The third kappa shape index (κ3) is 7.62. The summed E-state index contributed by atoms with van der Waals surface area (Å²) in [6.07, 6.45) is 1.10. The van der Waals surface area contributed by atoms with Crippen LogP contribution in [-0.4, -0.2) is 45.0 Å². The number of ether oxygens (including phenoxy) is 1. The van der Waals surface area contributed by atoms with E-state index in [2.05, 4.69) is 27.8 Å². The number of hydrogen-bond acceptors (Lipinski definition) is 6.